The van der Waals surface area contributed by atoms with E-state index in [2.05, 4.69) is 33.7 Å². The summed E-state index contributed by atoms with van der Waals surface area (Å²) in [7, 11) is 0. The van der Waals surface area contributed by atoms with Crippen LogP contribution >= 0.6 is 22.9 Å². The van der Waals surface area contributed by atoms with Crippen molar-refractivity contribution in [1.82, 2.24) is 14.6 Å². The summed E-state index contributed by atoms with van der Waals surface area (Å²) in [5, 5.41) is 16.7. The van der Waals surface area contributed by atoms with Gasteiger partial charge in [-0.25, -0.2) is 4.98 Å². The van der Waals surface area contributed by atoms with Gasteiger partial charge in [0.2, 0.25) is 5.88 Å². The van der Waals surface area contributed by atoms with Gasteiger partial charge in [-0.05, 0) is 29.5 Å². The second kappa shape index (κ2) is 5.37. The van der Waals surface area contributed by atoms with E-state index in [1.807, 2.05) is 18.2 Å². The van der Waals surface area contributed by atoms with Crippen LogP contribution in [0.2, 0.25) is 5.02 Å². The molecule has 0 fully saturated rings. The molecule has 0 spiro atoms. The van der Waals surface area contributed by atoms with E-state index in [0.29, 0.717) is 11.3 Å². The fraction of sp³-hybridized carbons (Fsp3) is 0.0588. The molecule has 4 rings (SSSR count). The van der Waals surface area contributed by atoms with Gasteiger partial charge in [-0.2, -0.15) is 9.61 Å². The van der Waals surface area contributed by atoms with Crippen molar-refractivity contribution in [1.29, 1.82) is 0 Å². The lowest BCUT2D eigenvalue weighted by Crippen LogP contribution is -1.95. The van der Waals surface area contributed by atoms with Crippen LogP contribution in [-0.4, -0.2) is 19.7 Å². The Morgan fingerprint density at radius 2 is 1.96 bits per heavy atom. The maximum atomic E-state index is 10.1. The standard InChI is InChI=1S/C17H12ClN3OS/c1-10-15(18)17(22)21-16(20-10)13(8-19-21)14-7-12(9-23-14)11-5-3-2-4-6-11/h2-9,22H,1H3. The summed E-state index contributed by atoms with van der Waals surface area (Å²) in [6.45, 7) is 1.77. The number of nitrogens with zero attached hydrogens (tertiary/aromatic N) is 3. The smallest absolute Gasteiger partial charge is 0.235 e. The SMILES string of the molecule is Cc1nc2c(-c3cc(-c4ccccc4)cs3)cnn2c(O)c1Cl. The number of hydrogen-bond donors (Lipinski definition) is 1. The van der Waals surface area contributed by atoms with Gasteiger partial charge in [-0.3, -0.25) is 0 Å². The van der Waals surface area contributed by atoms with Crippen molar-refractivity contribution in [3.63, 3.8) is 0 Å². The Bertz CT molecular complexity index is 1010. The molecule has 3 heterocycles. The first-order valence-corrected chi connectivity index (χ1v) is 8.28. The van der Waals surface area contributed by atoms with Gasteiger partial charge in [0.25, 0.3) is 0 Å². The maximum absolute atomic E-state index is 10.1. The largest absolute Gasteiger partial charge is 0.492 e. The molecule has 0 saturated heterocycles. The third-order valence-corrected chi connectivity index (χ3v) is 5.11. The molecule has 0 saturated carbocycles. The Balaban J connectivity index is 1.86. The number of hydrogen-bond acceptors (Lipinski definition) is 4. The van der Waals surface area contributed by atoms with Crippen molar-refractivity contribution in [3.8, 4) is 27.4 Å². The first-order valence-electron chi connectivity index (χ1n) is 7.02. The molecule has 0 aliphatic rings. The van der Waals surface area contributed by atoms with Crippen molar-refractivity contribution in [2.24, 2.45) is 0 Å². The minimum Gasteiger partial charge on any atom is -0.492 e. The van der Waals surface area contributed by atoms with Gasteiger partial charge in [0.15, 0.2) is 5.65 Å². The summed E-state index contributed by atoms with van der Waals surface area (Å²) in [5.41, 5.74) is 4.39. The molecule has 0 aliphatic carbocycles. The van der Waals surface area contributed by atoms with Crippen molar-refractivity contribution in [2.75, 3.05) is 0 Å². The highest BCUT2D eigenvalue weighted by Crippen LogP contribution is 2.36. The first-order chi connectivity index (χ1) is 11.1. The average molecular weight is 342 g/mol. The molecule has 4 nitrogen and oxygen atoms in total. The molecule has 0 unspecified atom stereocenters. The van der Waals surface area contributed by atoms with Crippen LogP contribution in [0.3, 0.4) is 0 Å². The fourth-order valence-electron chi connectivity index (χ4n) is 2.50. The first kappa shape index (κ1) is 14.2. The van der Waals surface area contributed by atoms with E-state index in [0.717, 1.165) is 16.0 Å². The van der Waals surface area contributed by atoms with Crippen LogP contribution in [0.25, 0.3) is 27.2 Å². The lowest BCUT2D eigenvalue weighted by molar-refractivity contribution is 0.435. The Kier molecular flexibility index (Phi) is 3.32. The summed E-state index contributed by atoms with van der Waals surface area (Å²) in [6, 6.07) is 12.3. The average Bonchev–Trinajstić information content (AvgIpc) is 3.20. The predicted octanol–water partition coefficient (Wildman–Crippen LogP) is 4.79. The number of aromatic nitrogens is 3. The van der Waals surface area contributed by atoms with Crippen molar-refractivity contribution in [3.05, 3.63) is 58.7 Å². The summed E-state index contributed by atoms with van der Waals surface area (Å²) in [4.78, 5) is 5.52. The van der Waals surface area contributed by atoms with Gasteiger partial charge in [0, 0.05) is 4.88 Å². The second-order valence-electron chi connectivity index (χ2n) is 5.19. The molecule has 0 bridgehead atoms. The minimum absolute atomic E-state index is 0.0831. The van der Waals surface area contributed by atoms with Crippen LogP contribution in [-0.2, 0) is 0 Å². The maximum Gasteiger partial charge on any atom is 0.235 e. The van der Waals surface area contributed by atoms with Crippen LogP contribution in [0.4, 0.5) is 0 Å². The van der Waals surface area contributed by atoms with Gasteiger partial charge in [0.05, 0.1) is 17.5 Å². The quantitative estimate of drug-likeness (QED) is 0.570. The molecule has 6 heteroatoms. The van der Waals surface area contributed by atoms with E-state index >= 15 is 0 Å². The molecule has 4 aromatic rings. The topological polar surface area (TPSA) is 50.4 Å². The third-order valence-electron chi connectivity index (χ3n) is 3.70. The highest BCUT2D eigenvalue weighted by atomic mass is 35.5. The van der Waals surface area contributed by atoms with Gasteiger partial charge < -0.3 is 5.11 Å². The van der Waals surface area contributed by atoms with Gasteiger partial charge >= 0.3 is 0 Å². The summed E-state index contributed by atoms with van der Waals surface area (Å²) in [5.74, 6) is -0.0831. The van der Waals surface area contributed by atoms with Crippen molar-refractivity contribution in [2.45, 2.75) is 6.92 Å². The number of fused-ring (bicyclic) bond motifs is 1. The minimum atomic E-state index is -0.0831. The Morgan fingerprint density at radius 1 is 1.17 bits per heavy atom. The molecule has 1 aromatic carbocycles. The van der Waals surface area contributed by atoms with Crippen LogP contribution in [0.1, 0.15) is 5.69 Å². The van der Waals surface area contributed by atoms with E-state index in [4.69, 9.17) is 11.6 Å². The number of rotatable bonds is 2. The number of aryl methyl sites for hydroxylation is 1. The molecule has 0 atom stereocenters. The van der Waals surface area contributed by atoms with E-state index in [9.17, 15) is 5.11 Å². The third kappa shape index (κ3) is 2.29. The van der Waals surface area contributed by atoms with Crippen LogP contribution in [0.15, 0.2) is 48.0 Å². The molecule has 23 heavy (non-hydrogen) atoms. The van der Waals surface area contributed by atoms with E-state index in [1.54, 1.807) is 24.5 Å². The van der Waals surface area contributed by atoms with E-state index < -0.39 is 0 Å². The van der Waals surface area contributed by atoms with E-state index in [-0.39, 0.29) is 10.9 Å². The second-order valence-corrected chi connectivity index (χ2v) is 6.48. The zero-order valence-electron chi connectivity index (χ0n) is 12.2. The molecule has 3 aromatic heterocycles. The Hall–Kier alpha value is -2.37. The van der Waals surface area contributed by atoms with Gasteiger partial charge in [0.1, 0.15) is 5.02 Å². The normalized spacial score (nSPS) is 11.2. The van der Waals surface area contributed by atoms with Gasteiger partial charge in [-0.1, -0.05) is 41.9 Å². The fourth-order valence-corrected chi connectivity index (χ4v) is 3.55. The lowest BCUT2D eigenvalue weighted by atomic mass is 10.1. The number of thiophene rings is 1. The van der Waals surface area contributed by atoms with Crippen LogP contribution in [0, 0.1) is 6.92 Å². The Labute approximate surface area is 141 Å². The molecule has 0 radical (unpaired) electrons. The Morgan fingerprint density at radius 3 is 2.74 bits per heavy atom. The number of halogens is 1. The molecule has 0 amide bonds. The number of benzene rings is 1. The summed E-state index contributed by atoms with van der Waals surface area (Å²) >= 11 is 7.65. The zero-order chi connectivity index (χ0) is 16.0. The van der Waals surface area contributed by atoms with Crippen LogP contribution < -0.4 is 0 Å². The highest BCUT2D eigenvalue weighted by Gasteiger charge is 2.16. The van der Waals surface area contributed by atoms with E-state index in [1.165, 1.54) is 10.1 Å². The van der Waals surface area contributed by atoms with Crippen LogP contribution in [0.5, 0.6) is 5.88 Å². The highest BCUT2D eigenvalue weighted by molar-refractivity contribution is 7.14. The van der Waals surface area contributed by atoms with Gasteiger partial charge in [-0.15, -0.1) is 11.3 Å². The zero-order valence-corrected chi connectivity index (χ0v) is 13.8. The van der Waals surface area contributed by atoms with Crippen molar-refractivity contribution >= 4 is 28.6 Å². The molecule has 0 aliphatic heterocycles. The monoisotopic (exact) mass is 341 g/mol. The molecule has 1 N–H and O–H groups in total. The predicted molar refractivity (Wildman–Crippen MR) is 93.1 cm³/mol. The lowest BCUT2D eigenvalue weighted by Gasteiger charge is -2.03. The number of aromatic hydroxyl groups is 1. The summed E-state index contributed by atoms with van der Waals surface area (Å²) < 4.78 is 1.37. The summed E-state index contributed by atoms with van der Waals surface area (Å²) in [6.07, 6.45) is 1.71. The molecular weight excluding hydrogens is 330 g/mol. The molecule has 114 valence electrons. The molecular formula is C17H12ClN3OS. The van der Waals surface area contributed by atoms with Crippen molar-refractivity contribution < 1.29 is 5.11 Å².